The Morgan fingerprint density at radius 1 is 1.14 bits per heavy atom. The molecule has 4 rings (SSSR count). The molecule has 0 bridgehead atoms. The van der Waals surface area contributed by atoms with E-state index in [-0.39, 0.29) is 51.2 Å². The molecule has 0 aromatic carbocycles. The number of aryl methyl sites for hydroxylation is 1. The van der Waals surface area contributed by atoms with Gasteiger partial charge in [0, 0.05) is 31.1 Å². The molecule has 14 heteroatoms. The fourth-order valence-corrected chi connectivity index (χ4v) is 4.38. The monoisotopic (exact) mass is 498 g/mol. The maximum absolute atomic E-state index is 12.2. The van der Waals surface area contributed by atoms with Gasteiger partial charge < -0.3 is 29.2 Å². The van der Waals surface area contributed by atoms with Gasteiger partial charge in [0.2, 0.25) is 5.91 Å². The summed E-state index contributed by atoms with van der Waals surface area (Å²) >= 11 is 0. The minimum Gasteiger partial charge on any atom is -0.394 e. The number of rotatable bonds is 8. The van der Waals surface area contributed by atoms with Gasteiger partial charge in [-0.2, -0.15) is 0 Å². The average Bonchev–Trinajstić information content (AvgIpc) is 3.39. The van der Waals surface area contributed by atoms with Crippen molar-refractivity contribution in [3.05, 3.63) is 32.6 Å². The van der Waals surface area contributed by atoms with Crippen LogP contribution in [0.4, 0.5) is 4.79 Å². The molecule has 3 amide bonds. The molecule has 3 saturated heterocycles. The number of aliphatic hydroxyl groups is 2. The summed E-state index contributed by atoms with van der Waals surface area (Å²) in [4.78, 5) is 51.1. The topological polar surface area (TPSA) is 182 Å². The van der Waals surface area contributed by atoms with Crippen LogP contribution in [0.3, 0.4) is 0 Å². The summed E-state index contributed by atoms with van der Waals surface area (Å²) < 4.78 is 23.9. The molecular formula is C21H30N4O10. The Morgan fingerprint density at radius 2 is 1.89 bits per heavy atom. The second-order valence-corrected chi connectivity index (χ2v) is 9.00. The first-order valence-electron chi connectivity index (χ1n) is 11.4. The lowest BCUT2D eigenvalue weighted by molar-refractivity contribution is -0.144. The Balaban J connectivity index is 1.26. The Labute approximate surface area is 199 Å². The van der Waals surface area contributed by atoms with E-state index in [1.165, 1.54) is 15.7 Å². The molecule has 4 N–H and O–H groups in total. The van der Waals surface area contributed by atoms with E-state index < -0.39 is 54.2 Å². The normalized spacial score (nSPS) is 33.4. The first-order chi connectivity index (χ1) is 16.7. The van der Waals surface area contributed by atoms with E-state index in [1.807, 2.05) is 0 Å². The molecule has 0 aliphatic carbocycles. The number of aromatic amines is 1. The molecule has 4 heterocycles. The second kappa shape index (κ2) is 10.6. The highest BCUT2D eigenvalue weighted by atomic mass is 16.7. The Hall–Kier alpha value is -2.62. The smallest absolute Gasteiger partial charge is 0.330 e. The lowest BCUT2D eigenvalue weighted by Gasteiger charge is -2.34. The summed E-state index contributed by atoms with van der Waals surface area (Å²) in [5.41, 5.74) is -0.769. The van der Waals surface area contributed by atoms with Crippen molar-refractivity contribution in [3.63, 3.8) is 0 Å². The summed E-state index contributed by atoms with van der Waals surface area (Å²) in [7, 11) is 0. The molecule has 35 heavy (non-hydrogen) atoms. The molecule has 194 valence electrons. The van der Waals surface area contributed by atoms with Crippen molar-refractivity contribution >= 4 is 11.9 Å². The zero-order valence-electron chi connectivity index (χ0n) is 19.4. The van der Waals surface area contributed by atoms with Crippen LogP contribution in [0.5, 0.6) is 0 Å². The summed E-state index contributed by atoms with van der Waals surface area (Å²) in [5, 5.41) is 22.2. The van der Waals surface area contributed by atoms with E-state index in [2.05, 4.69) is 10.3 Å². The van der Waals surface area contributed by atoms with E-state index >= 15 is 0 Å². The van der Waals surface area contributed by atoms with Crippen LogP contribution in [-0.4, -0.2) is 93.8 Å². The second-order valence-electron chi connectivity index (χ2n) is 9.00. The molecule has 1 aromatic heterocycles. The maximum Gasteiger partial charge on any atom is 0.330 e. The highest BCUT2D eigenvalue weighted by Crippen LogP contribution is 2.29. The number of ether oxygens (including phenoxy) is 4. The molecule has 0 radical (unpaired) electrons. The third-order valence-corrected chi connectivity index (χ3v) is 6.43. The summed E-state index contributed by atoms with van der Waals surface area (Å²) in [6, 6.07) is -0.551. The lowest BCUT2D eigenvalue weighted by atomic mass is 10.1. The first kappa shape index (κ1) is 25.5. The molecule has 0 saturated carbocycles. The number of carbonyl (C=O) groups is 2. The van der Waals surface area contributed by atoms with Crippen molar-refractivity contribution in [2.75, 3.05) is 26.6 Å². The quantitative estimate of drug-likeness (QED) is 0.234. The molecule has 1 unspecified atom stereocenters. The van der Waals surface area contributed by atoms with Gasteiger partial charge in [-0.05, 0) is 6.92 Å². The molecule has 3 fully saturated rings. The summed E-state index contributed by atoms with van der Waals surface area (Å²) in [6.45, 7) is 2.93. The van der Waals surface area contributed by atoms with Gasteiger partial charge in [-0.3, -0.25) is 29.4 Å². The van der Waals surface area contributed by atoms with Crippen molar-refractivity contribution in [2.24, 2.45) is 5.92 Å². The Kier molecular flexibility index (Phi) is 7.68. The van der Waals surface area contributed by atoms with Crippen LogP contribution in [0.2, 0.25) is 0 Å². The van der Waals surface area contributed by atoms with Crippen molar-refractivity contribution in [1.82, 2.24) is 19.8 Å². The fourth-order valence-electron chi connectivity index (χ4n) is 4.38. The van der Waals surface area contributed by atoms with Gasteiger partial charge in [-0.25, -0.2) is 9.59 Å². The average molecular weight is 498 g/mol. The molecule has 0 spiro atoms. The zero-order chi connectivity index (χ0) is 25.3. The van der Waals surface area contributed by atoms with Gasteiger partial charge in [0.05, 0.1) is 31.3 Å². The van der Waals surface area contributed by atoms with Gasteiger partial charge in [0.25, 0.3) is 5.56 Å². The zero-order valence-corrected chi connectivity index (χ0v) is 19.4. The predicted molar refractivity (Wildman–Crippen MR) is 116 cm³/mol. The maximum atomic E-state index is 12.2. The SMILES string of the molecule is Cc1cn([C@H]2C[C@H](O)[C@@H](COCO[C@H]3C[C@H](N4CC(C)C(=O)NC4=O)O[C@@H]3CO)O2)c(=O)[nH]c1=O. The number of carbonyl (C=O) groups excluding carboxylic acids is 2. The van der Waals surface area contributed by atoms with Crippen LogP contribution in [0.25, 0.3) is 0 Å². The van der Waals surface area contributed by atoms with Gasteiger partial charge in [0.15, 0.2) is 0 Å². The van der Waals surface area contributed by atoms with Crippen LogP contribution in [-0.2, 0) is 23.7 Å². The van der Waals surface area contributed by atoms with Gasteiger partial charge >= 0.3 is 11.7 Å². The molecular weight excluding hydrogens is 468 g/mol. The molecule has 7 atom stereocenters. The Bertz CT molecular complexity index is 1060. The van der Waals surface area contributed by atoms with Crippen LogP contribution < -0.4 is 16.6 Å². The largest absolute Gasteiger partial charge is 0.394 e. The lowest BCUT2D eigenvalue weighted by Crippen LogP contribution is -2.57. The number of hydrogen-bond donors (Lipinski definition) is 4. The molecule has 3 aliphatic rings. The number of nitrogens with zero attached hydrogens (tertiary/aromatic N) is 2. The van der Waals surface area contributed by atoms with E-state index in [0.717, 1.165) is 0 Å². The van der Waals surface area contributed by atoms with Gasteiger partial charge in [-0.1, -0.05) is 6.92 Å². The minimum absolute atomic E-state index is 0.0241. The number of amides is 3. The number of aliphatic hydroxyl groups excluding tert-OH is 2. The highest BCUT2D eigenvalue weighted by molar-refractivity contribution is 5.97. The molecule has 14 nitrogen and oxygen atoms in total. The minimum atomic E-state index is -0.897. The van der Waals surface area contributed by atoms with Crippen molar-refractivity contribution in [3.8, 4) is 0 Å². The number of hydrogen-bond acceptors (Lipinski definition) is 10. The number of aromatic nitrogens is 2. The predicted octanol–water partition coefficient (Wildman–Crippen LogP) is -1.85. The van der Waals surface area contributed by atoms with Crippen molar-refractivity contribution < 1.29 is 38.7 Å². The molecule has 3 aliphatic heterocycles. The third kappa shape index (κ3) is 5.47. The number of nitrogens with one attached hydrogen (secondary N) is 2. The van der Waals surface area contributed by atoms with Crippen molar-refractivity contribution in [1.29, 1.82) is 0 Å². The number of H-pyrrole nitrogens is 1. The van der Waals surface area contributed by atoms with E-state index in [1.54, 1.807) is 13.8 Å². The van der Waals surface area contributed by atoms with Crippen LogP contribution in [0.15, 0.2) is 15.8 Å². The van der Waals surface area contributed by atoms with Crippen LogP contribution >= 0.6 is 0 Å². The number of imide groups is 1. The van der Waals surface area contributed by atoms with Crippen molar-refractivity contribution in [2.45, 2.75) is 63.6 Å². The molecule has 1 aromatic rings. The van der Waals surface area contributed by atoms with E-state index in [0.29, 0.717) is 5.56 Å². The van der Waals surface area contributed by atoms with Gasteiger partial charge in [0.1, 0.15) is 31.5 Å². The summed E-state index contributed by atoms with van der Waals surface area (Å²) in [6.07, 6.45) is -2.47. The Morgan fingerprint density at radius 3 is 2.63 bits per heavy atom. The third-order valence-electron chi connectivity index (χ3n) is 6.43. The van der Waals surface area contributed by atoms with Crippen LogP contribution in [0, 0.1) is 12.8 Å². The fraction of sp³-hybridized carbons (Fsp3) is 0.714. The van der Waals surface area contributed by atoms with E-state index in [9.17, 15) is 29.4 Å². The van der Waals surface area contributed by atoms with E-state index in [4.69, 9.17) is 18.9 Å². The number of urea groups is 1. The standard InChI is InChI=1S/C21H30N4O10/c1-10-5-24(20(30)22-18(10)28)16-3-12(27)15(35-16)8-32-9-33-13-4-17(34-14(13)7-26)25-6-11(2)19(29)23-21(25)31/h5,11-17,26-27H,3-4,6-9H2,1-2H3,(H,22,28,30)(H,23,29,31)/t11?,12-,13-,14+,15+,16+,17+/m0/s1. The summed E-state index contributed by atoms with van der Waals surface area (Å²) in [5.74, 6) is -0.729. The van der Waals surface area contributed by atoms with Gasteiger partial charge in [-0.15, -0.1) is 0 Å². The van der Waals surface area contributed by atoms with Crippen LogP contribution in [0.1, 0.15) is 31.6 Å². The highest BCUT2D eigenvalue weighted by Gasteiger charge is 2.43. The first-order valence-corrected chi connectivity index (χ1v) is 11.4.